The fourth-order valence-corrected chi connectivity index (χ4v) is 2.56. The summed E-state index contributed by atoms with van der Waals surface area (Å²) in [5.41, 5.74) is 0. The van der Waals surface area contributed by atoms with Crippen LogP contribution in [-0.2, 0) is 5.75 Å². The molecule has 0 saturated heterocycles. The molecule has 1 aromatic heterocycles. The lowest BCUT2D eigenvalue weighted by Crippen LogP contribution is -1.82. The van der Waals surface area contributed by atoms with Crippen molar-refractivity contribution >= 4 is 46.5 Å². The number of nitrogens with zero attached hydrogens (tertiary/aromatic N) is 2. The number of rotatable bonds is 3. The molecule has 0 spiro atoms. The summed E-state index contributed by atoms with van der Waals surface area (Å²) < 4.78 is 4.59. The molecule has 0 aliphatic heterocycles. The van der Waals surface area contributed by atoms with E-state index in [2.05, 4.69) is 9.36 Å². The monoisotopic (exact) mass is 276 g/mol. The lowest BCUT2D eigenvalue weighted by Gasteiger charge is -1.98. The first-order chi connectivity index (χ1) is 7.24. The lowest BCUT2D eigenvalue weighted by molar-refractivity contribution is 1.14. The molecule has 0 aliphatic carbocycles. The van der Waals surface area contributed by atoms with Gasteiger partial charge in [-0.3, -0.25) is 0 Å². The maximum Gasteiger partial charge on any atom is 0.203 e. The van der Waals surface area contributed by atoms with Crippen LogP contribution in [-0.4, -0.2) is 9.36 Å². The fourth-order valence-electron chi connectivity index (χ4n) is 0.970. The van der Waals surface area contributed by atoms with E-state index >= 15 is 0 Å². The fraction of sp³-hybridized carbons (Fsp3) is 0.111. The summed E-state index contributed by atoms with van der Waals surface area (Å²) in [5.74, 6) is 1.50. The molecular weight excluding hydrogens is 271 g/mol. The molecule has 0 radical (unpaired) electrons. The van der Waals surface area contributed by atoms with Gasteiger partial charge in [0.15, 0.2) is 5.82 Å². The third-order valence-corrected chi connectivity index (χ3v) is 3.72. The van der Waals surface area contributed by atoms with Crippen LogP contribution in [0.4, 0.5) is 0 Å². The number of benzene rings is 1. The summed E-state index contributed by atoms with van der Waals surface area (Å²) in [6.07, 6.45) is 0. The van der Waals surface area contributed by atoms with Gasteiger partial charge in [0.1, 0.15) is 0 Å². The number of hydrogen-bond donors (Lipinski definition) is 0. The van der Waals surface area contributed by atoms with Gasteiger partial charge in [-0.25, -0.2) is 4.98 Å². The molecule has 0 saturated carbocycles. The Labute approximate surface area is 106 Å². The van der Waals surface area contributed by atoms with Gasteiger partial charge in [0.2, 0.25) is 4.47 Å². The van der Waals surface area contributed by atoms with Crippen molar-refractivity contribution in [2.24, 2.45) is 0 Å². The lowest BCUT2D eigenvalue weighted by atomic mass is 10.4. The van der Waals surface area contributed by atoms with Gasteiger partial charge < -0.3 is 0 Å². The first kappa shape index (κ1) is 11.2. The van der Waals surface area contributed by atoms with Crippen LogP contribution in [0.5, 0.6) is 0 Å². The van der Waals surface area contributed by atoms with Crippen molar-refractivity contribution in [2.75, 3.05) is 0 Å². The van der Waals surface area contributed by atoms with Crippen molar-refractivity contribution in [1.29, 1.82) is 0 Å². The molecule has 6 heteroatoms. The highest BCUT2D eigenvalue weighted by Gasteiger charge is 2.02. The smallest absolute Gasteiger partial charge is 0.203 e. The van der Waals surface area contributed by atoms with Gasteiger partial charge in [-0.1, -0.05) is 11.6 Å². The minimum atomic E-state index is 0.488. The molecule has 15 heavy (non-hydrogen) atoms. The maximum absolute atomic E-state index is 5.78. The predicted octanol–water partition coefficient (Wildman–Crippen LogP) is 4.14. The molecule has 0 atom stereocenters. The number of aromatic nitrogens is 2. The van der Waals surface area contributed by atoms with Crippen LogP contribution >= 0.6 is 46.5 Å². The van der Waals surface area contributed by atoms with E-state index in [1.807, 2.05) is 24.3 Å². The van der Waals surface area contributed by atoms with E-state index in [0.717, 1.165) is 21.5 Å². The zero-order valence-electron chi connectivity index (χ0n) is 7.48. The minimum Gasteiger partial charge on any atom is -0.207 e. The summed E-state index contributed by atoms with van der Waals surface area (Å²) in [4.78, 5) is 5.21. The molecule has 2 aromatic rings. The third-order valence-electron chi connectivity index (χ3n) is 1.62. The molecule has 78 valence electrons. The van der Waals surface area contributed by atoms with Gasteiger partial charge in [0.25, 0.3) is 0 Å². The average molecular weight is 277 g/mol. The SMILES string of the molecule is Clc1ccc(SCc2nsc(Cl)n2)cc1. The van der Waals surface area contributed by atoms with Crippen molar-refractivity contribution in [3.8, 4) is 0 Å². The van der Waals surface area contributed by atoms with Crippen LogP contribution in [0.2, 0.25) is 9.49 Å². The van der Waals surface area contributed by atoms with Crippen molar-refractivity contribution in [3.63, 3.8) is 0 Å². The normalized spacial score (nSPS) is 10.5. The first-order valence-electron chi connectivity index (χ1n) is 4.10. The quantitative estimate of drug-likeness (QED) is 0.789. The second-order valence-corrected chi connectivity index (χ2v) is 5.53. The van der Waals surface area contributed by atoms with E-state index in [4.69, 9.17) is 23.2 Å². The van der Waals surface area contributed by atoms with E-state index in [1.165, 1.54) is 11.5 Å². The topological polar surface area (TPSA) is 25.8 Å². The Morgan fingerprint density at radius 1 is 1.20 bits per heavy atom. The number of hydrogen-bond acceptors (Lipinski definition) is 4. The molecule has 0 amide bonds. The van der Waals surface area contributed by atoms with Crippen molar-refractivity contribution in [3.05, 3.63) is 39.6 Å². The highest BCUT2D eigenvalue weighted by atomic mass is 35.5. The van der Waals surface area contributed by atoms with Crippen molar-refractivity contribution < 1.29 is 0 Å². The Kier molecular flexibility index (Phi) is 3.86. The molecule has 0 unspecified atom stereocenters. The van der Waals surface area contributed by atoms with E-state index in [9.17, 15) is 0 Å². The maximum atomic E-state index is 5.78. The first-order valence-corrected chi connectivity index (χ1v) is 6.62. The van der Waals surface area contributed by atoms with Gasteiger partial charge in [-0.15, -0.1) is 11.8 Å². The Bertz CT molecular complexity index is 442. The highest BCUT2D eigenvalue weighted by molar-refractivity contribution is 7.98. The average Bonchev–Trinajstić information content (AvgIpc) is 2.64. The molecule has 0 aliphatic rings. The van der Waals surface area contributed by atoms with Crippen LogP contribution in [0.3, 0.4) is 0 Å². The molecule has 1 aromatic carbocycles. The highest BCUT2D eigenvalue weighted by Crippen LogP contribution is 2.24. The van der Waals surface area contributed by atoms with Crippen LogP contribution in [0.15, 0.2) is 29.2 Å². The Balaban J connectivity index is 1.96. The van der Waals surface area contributed by atoms with Crippen molar-refractivity contribution in [2.45, 2.75) is 10.6 Å². The standard InChI is InChI=1S/C9H6Cl2N2S2/c10-6-1-3-7(4-2-6)14-5-8-12-9(11)15-13-8/h1-4H,5H2. The second-order valence-electron chi connectivity index (χ2n) is 2.71. The zero-order valence-corrected chi connectivity index (χ0v) is 10.6. The van der Waals surface area contributed by atoms with Crippen LogP contribution in [0.25, 0.3) is 0 Å². The van der Waals surface area contributed by atoms with Crippen molar-refractivity contribution in [1.82, 2.24) is 9.36 Å². The molecule has 2 nitrogen and oxygen atoms in total. The largest absolute Gasteiger partial charge is 0.207 e. The van der Waals surface area contributed by atoms with E-state index in [1.54, 1.807) is 11.8 Å². The number of thioether (sulfide) groups is 1. The molecule has 1 heterocycles. The summed E-state index contributed by atoms with van der Waals surface area (Å²) >= 11 is 14.3. The summed E-state index contributed by atoms with van der Waals surface area (Å²) in [6, 6.07) is 7.68. The molecule has 0 N–H and O–H groups in total. The Morgan fingerprint density at radius 2 is 1.93 bits per heavy atom. The van der Waals surface area contributed by atoms with Crippen LogP contribution in [0.1, 0.15) is 5.82 Å². The predicted molar refractivity (Wildman–Crippen MR) is 65.9 cm³/mol. The molecular formula is C9H6Cl2N2S2. The summed E-state index contributed by atoms with van der Waals surface area (Å²) in [7, 11) is 0. The van der Waals surface area contributed by atoms with Crippen LogP contribution in [0, 0.1) is 0 Å². The van der Waals surface area contributed by atoms with E-state index in [0.29, 0.717) is 4.47 Å². The van der Waals surface area contributed by atoms with Gasteiger partial charge >= 0.3 is 0 Å². The number of halogens is 2. The summed E-state index contributed by atoms with van der Waals surface area (Å²) in [6.45, 7) is 0. The molecule has 0 fully saturated rings. The summed E-state index contributed by atoms with van der Waals surface area (Å²) in [5, 5.41) is 0.745. The van der Waals surface area contributed by atoms with E-state index in [-0.39, 0.29) is 0 Å². The second kappa shape index (κ2) is 5.16. The Hall–Kier alpha value is -0.290. The van der Waals surface area contributed by atoms with Crippen LogP contribution < -0.4 is 0 Å². The Morgan fingerprint density at radius 3 is 2.53 bits per heavy atom. The van der Waals surface area contributed by atoms with Gasteiger partial charge in [0.05, 0.1) is 5.75 Å². The van der Waals surface area contributed by atoms with Gasteiger partial charge in [0, 0.05) is 9.92 Å². The van der Waals surface area contributed by atoms with E-state index < -0.39 is 0 Å². The van der Waals surface area contributed by atoms with Gasteiger partial charge in [-0.2, -0.15) is 4.37 Å². The molecule has 0 bridgehead atoms. The van der Waals surface area contributed by atoms with Gasteiger partial charge in [-0.05, 0) is 47.4 Å². The molecule has 2 rings (SSSR count). The minimum absolute atomic E-state index is 0.488. The zero-order chi connectivity index (χ0) is 10.7. The third kappa shape index (κ3) is 3.34.